The van der Waals surface area contributed by atoms with Gasteiger partial charge >= 0.3 is 0 Å². The molecule has 1 N–H and O–H groups in total. The summed E-state index contributed by atoms with van der Waals surface area (Å²) in [6, 6.07) is 8.89. The number of benzene rings is 1. The van der Waals surface area contributed by atoms with Crippen molar-refractivity contribution in [2.24, 2.45) is 0 Å². The highest BCUT2D eigenvalue weighted by Gasteiger charge is 2.22. The Labute approximate surface area is 103 Å². The molecule has 1 aromatic rings. The van der Waals surface area contributed by atoms with Crippen LogP contribution in [0.2, 0.25) is 5.02 Å². The molecule has 0 spiro atoms. The van der Waals surface area contributed by atoms with Gasteiger partial charge < -0.3 is 10.2 Å². The van der Waals surface area contributed by atoms with Crippen LogP contribution in [0.1, 0.15) is 18.4 Å². The molecule has 1 saturated heterocycles. The molecule has 0 bridgehead atoms. The summed E-state index contributed by atoms with van der Waals surface area (Å²) < 4.78 is 0. The van der Waals surface area contributed by atoms with Gasteiger partial charge in [-0.3, -0.25) is 0 Å². The van der Waals surface area contributed by atoms with Gasteiger partial charge in [0, 0.05) is 30.7 Å². The van der Waals surface area contributed by atoms with E-state index in [2.05, 4.69) is 36.3 Å². The number of rotatable bonds is 4. The average Bonchev–Trinajstić information content (AvgIpc) is 2.14. The fourth-order valence-electron chi connectivity index (χ4n) is 2.08. The molecule has 2 rings (SSSR count). The van der Waals surface area contributed by atoms with Crippen LogP contribution in [0.15, 0.2) is 24.3 Å². The summed E-state index contributed by atoms with van der Waals surface area (Å²) in [7, 11) is 2.20. The fourth-order valence-corrected chi connectivity index (χ4v) is 2.28. The Morgan fingerprint density at radius 2 is 2.25 bits per heavy atom. The second-order valence-corrected chi connectivity index (χ2v) is 5.14. The first-order valence-electron chi connectivity index (χ1n) is 5.83. The van der Waals surface area contributed by atoms with Crippen LogP contribution >= 0.6 is 11.6 Å². The summed E-state index contributed by atoms with van der Waals surface area (Å²) in [5.74, 6) is 0.532. The molecule has 1 aliphatic heterocycles. The quantitative estimate of drug-likeness (QED) is 0.867. The molecule has 88 valence electrons. The molecule has 1 aromatic carbocycles. The largest absolute Gasteiger partial charge is 0.314 e. The summed E-state index contributed by atoms with van der Waals surface area (Å²) in [6.07, 6.45) is 0. The Morgan fingerprint density at radius 1 is 1.50 bits per heavy atom. The summed E-state index contributed by atoms with van der Waals surface area (Å²) in [4.78, 5) is 2.43. The van der Waals surface area contributed by atoms with Crippen molar-refractivity contribution in [3.05, 3.63) is 34.9 Å². The summed E-state index contributed by atoms with van der Waals surface area (Å²) in [5, 5.41) is 4.13. The smallest absolute Gasteiger partial charge is 0.0408 e. The Bertz CT molecular complexity index is 350. The van der Waals surface area contributed by atoms with E-state index in [4.69, 9.17) is 11.6 Å². The molecule has 1 aliphatic rings. The third kappa shape index (κ3) is 2.76. The van der Waals surface area contributed by atoms with Crippen LogP contribution in [-0.4, -0.2) is 37.6 Å². The number of hydrogen-bond acceptors (Lipinski definition) is 2. The highest BCUT2D eigenvalue weighted by atomic mass is 35.5. The van der Waals surface area contributed by atoms with Crippen molar-refractivity contribution in [3.63, 3.8) is 0 Å². The van der Waals surface area contributed by atoms with Gasteiger partial charge in [0.05, 0.1) is 0 Å². The van der Waals surface area contributed by atoms with Crippen LogP contribution < -0.4 is 5.32 Å². The van der Waals surface area contributed by atoms with E-state index in [1.807, 2.05) is 12.1 Å². The minimum atomic E-state index is 0.532. The lowest BCUT2D eigenvalue weighted by Gasteiger charge is -2.37. The Hall–Kier alpha value is -0.570. The maximum atomic E-state index is 6.00. The number of nitrogens with zero attached hydrogens (tertiary/aromatic N) is 1. The molecule has 1 atom stereocenters. The molecule has 16 heavy (non-hydrogen) atoms. The molecule has 0 aromatic heterocycles. The fraction of sp³-hybridized carbons (Fsp3) is 0.538. The molecule has 1 heterocycles. The van der Waals surface area contributed by atoms with E-state index < -0.39 is 0 Å². The van der Waals surface area contributed by atoms with E-state index in [0.717, 1.165) is 24.7 Å². The lowest BCUT2D eigenvalue weighted by molar-refractivity contribution is 0.173. The predicted molar refractivity (Wildman–Crippen MR) is 69.2 cm³/mol. The highest BCUT2D eigenvalue weighted by molar-refractivity contribution is 6.30. The summed E-state index contributed by atoms with van der Waals surface area (Å²) >= 11 is 6.00. The molecule has 2 nitrogen and oxygen atoms in total. The topological polar surface area (TPSA) is 15.3 Å². The van der Waals surface area contributed by atoms with Gasteiger partial charge in [-0.25, -0.2) is 0 Å². The lowest BCUT2D eigenvalue weighted by Crippen LogP contribution is -2.56. The van der Waals surface area contributed by atoms with Gasteiger partial charge in [-0.2, -0.15) is 0 Å². The number of likely N-dealkylation sites (N-methyl/N-ethyl adjacent to an activating group) is 1. The third-order valence-electron chi connectivity index (χ3n) is 3.36. The Kier molecular flexibility index (Phi) is 3.85. The van der Waals surface area contributed by atoms with Crippen LogP contribution in [0.25, 0.3) is 0 Å². The van der Waals surface area contributed by atoms with E-state index in [9.17, 15) is 0 Å². The highest BCUT2D eigenvalue weighted by Crippen LogP contribution is 2.20. The maximum absolute atomic E-state index is 6.00. The normalized spacial score (nSPS) is 18.5. The second-order valence-electron chi connectivity index (χ2n) is 4.71. The van der Waals surface area contributed by atoms with Crippen LogP contribution in [0.4, 0.5) is 0 Å². The van der Waals surface area contributed by atoms with E-state index in [-0.39, 0.29) is 0 Å². The minimum absolute atomic E-state index is 0.532. The van der Waals surface area contributed by atoms with Crippen LogP contribution in [0.3, 0.4) is 0 Å². The SMILES string of the molecule is CC(CN(C)C1CNC1)c1cccc(Cl)c1. The first kappa shape index (κ1) is 11.9. The zero-order valence-electron chi connectivity index (χ0n) is 9.91. The lowest BCUT2D eigenvalue weighted by atomic mass is 9.99. The van der Waals surface area contributed by atoms with Crippen molar-refractivity contribution in [2.75, 3.05) is 26.7 Å². The first-order chi connectivity index (χ1) is 7.66. The zero-order valence-corrected chi connectivity index (χ0v) is 10.7. The van der Waals surface area contributed by atoms with Gasteiger partial charge in [-0.05, 0) is 30.7 Å². The van der Waals surface area contributed by atoms with Gasteiger partial charge in [0.25, 0.3) is 0 Å². The van der Waals surface area contributed by atoms with Crippen molar-refractivity contribution in [2.45, 2.75) is 18.9 Å². The monoisotopic (exact) mass is 238 g/mol. The van der Waals surface area contributed by atoms with Crippen molar-refractivity contribution < 1.29 is 0 Å². The molecule has 0 saturated carbocycles. The minimum Gasteiger partial charge on any atom is -0.314 e. The van der Waals surface area contributed by atoms with Crippen molar-refractivity contribution >= 4 is 11.6 Å². The van der Waals surface area contributed by atoms with Crippen LogP contribution in [0, 0.1) is 0 Å². The Morgan fingerprint density at radius 3 is 2.81 bits per heavy atom. The van der Waals surface area contributed by atoms with Gasteiger partial charge in [-0.15, -0.1) is 0 Å². The van der Waals surface area contributed by atoms with Gasteiger partial charge in [0.1, 0.15) is 0 Å². The van der Waals surface area contributed by atoms with Crippen LogP contribution in [0.5, 0.6) is 0 Å². The van der Waals surface area contributed by atoms with Crippen LogP contribution in [-0.2, 0) is 0 Å². The summed E-state index contributed by atoms with van der Waals surface area (Å²) in [6.45, 7) is 5.60. The molecule has 0 radical (unpaired) electrons. The molecule has 3 heteroatoms. The molecule has 1 fully saturated rings. The standard InChI is InChI=1S/C13H19ClN2/c1-10(9-16(2)13-7-15-8-13)11-4-3-5-12(14)6-11/h3-6,10,13,15H,7-9H2,1-2H3. The van der Waals surface area contributed by atoms with Gasteiger partial charge in [0.2, 0.25) is 0 Å². The summed E-state index contributed by atoms with van der Waals surface area (Å²) in [5.41, 5.74) is 1.33. The van der Waals surface area contributed by atoms with Crippen molar-refractivity contribution in [1.82, 2.24) is 10.2 Å². The predicted octanol–water partition coefficient (Wildman–Crippen LogP) is 2.35. The van der Waals surface area contributed by atoms with E-state index >= 15 is 0 Å². The third-order valence-corrected chi connectivity index (χ3v) is 3.60. The van der Waals surface area contributed by atoms with Crippen molar-refractivity contribution in [3.8, 4) is 0 Å². The average molecular weight is 239 g/mol. The number of hydrogen-bond donors (Lipinski definition) is 1. The zero-order chi connectivity index (χ0) is 11.5. The van der Waals surface area contributed by atoms with E-state index in [1.54, 1.807) is 0 Å². The maximum Gasteiger partial charge on any atom is 0.0408 e. The van der Waals surface area contributed by atoms with Gasteiger partial charge in [0.15, 0.2) is 0 Å². The molecule has 0 amide bonds. The molecule has 0 aliphatic carbocycles. The molecular weight excluding hydrogens is 220 g/mol. The number of halogens is 1. The van der Waals surface area contributed by atoms with Gasteiger partial charge in [-0.1, -0.05) is 30.7 Å². The number of nitrogens with one attached hydrogen (secondary N) is 1. The second kappa shape index (κ2) is 5.17. The van der Waals surface area contributed by atoms with E-state index in [1.165, 1.54) is 5.56 Å². The molecule has 1 unspecified atom stereocenters. The first-order valence-corrected chi connectivity index (χ1v) is 6.21. The van der Waals surface area contributed by atoms with E-state index in [0.29, 0.717) is 12.0 Å². The molecular formula is C13H19ClN2. The van der Waals surface area contributed by atoms with Crippen molar-refractivity contribution in [1.29, 1.82) is 0 Å². The Balaban J connectivity index is 1.93.